The van der Waals surface area contributed by atoms with Crippen LogP contribution in [-0.2, 0) is 16.6 Å². The van der Waals surface area contributed by atoms with E-state index in [1.54, 1.807) is 4.90 Å². The minimum absolute atomic E-state index is 0.0374. The summed E-state index contributed by atoms with van der Waals surface area (Å²) in [5.41, 5.74) is 1.14. The second-order valence-electron chi connectivity index (χ2n) is 8.02. The summed E-state index contributed by atoms with van der Waals surface area (Å²) in [7, 11) is -4.04. The minimum atomic E-state index is -4.04. The van der Waals surface area contributed by atoms with E-state index in [1.165, 1.54) is 40.7 Å². The molecule has 11 heteroatoms. The fraction of sp³-hybridized carbons (Fsp3) is 0.200. The molecule has 1 fully saturated rings. The molecule has 1 N–H and O–H groups in total. The molecule has 4 rings (SSSR count). The fourth-order valence-corrected chi connectivity index (χ4v) is 5.80. The van der Waals surface area contributed by atoms with Crippen molar-refractivity contribution < 1.29 is 17.9 Å². The van der Waals surface area contributed by atoms with Gasteiger partial charge < -0.3 is 15.0 Å². The summed E-state index contributed by atoms with van der Waals surface area (Å²) in [5, 5.41) is 12.9. The Morgan fingerprint density at radius 3 is 2.28 bits per heavy atom. The Hall–Kier alpha value is -3.29. The number of hydrogen-bond donors (Lipinski definition) is 1. The average Bonchev–Trinajstić information content (AvgIpc) is 2.87. The second-order valence-corrected chi connectivity index (χ2v) is 10.8. The molecule has 0 saturated carbocycles. The van der Waals surface area contributed by atoms with Gasteiger partial charge in [-0.3, -0.25) is 0 Å². The molecule has 186 valence electrons. The molecule has 0 aromatic heterocycles. The maximum atomic E-state index is 13.6. The summed E-state index contributed by atoms with van der Waals surface area (Å²) in [6, 6.07) is 19.9. The van der Waals surface area contributed by atoms with Crippen LogP contribution >= 0.6 is 23.2 Å². The lowest BCUT2D eigenvalue weighted by Gasteiger charge is -2.34. The molecule has 2 amide bonds. The number of piperazine rings is 1. The first-order valence-electron chi connectivity index (χ1n) is 11.0. The zero-order valence-electron chi connectivity index (χ0n) is 19.0. The summed E-state index contributed by atoms with van der Waals surface area (Å²) >= 11 is 12.1. The van der Waals surface area contributed by atoms with E-state index >= 15 is 0 Å². The predicted molar refractivity (Wildman–Crippen MR) is 137 cm³/mol. The molecule has 1 aliphatic rings. The van der Waals surface area contributed by atoms with E-state index in [1.807, 2.05) is 36.4 Å². The van der Waals surface area contributed by atoms with Gasteiger partial charge in [0.05, 0.1) is 11.6 Å². The van der Waals surface area contributed by atoms with Gasteiger partial charge >= 0.3 is 6.03 Å². The third-order valence-electron chi connectivity index (χ3n) is 5.57. The van der Waals surface area contributed by atoms with E-state index in [2.05, 4.69) is 5.32 Å². The molecule has 1 saturated heterocycles. The monoisotopic (exact) mass is 544 g/mol. The van der Waals surface area contributed by atoms with Crippen LogP contribution < -0.4 is 10.1 Å². The van der Waals surface area contributed by atoms with E-state index in [0.29, 0.717) is 16.6 Å². The number of benzene rings is 3. The first kappa shape index (κ1) is 25.8. The molecular formula is C25H22Cl2N4O4S. The van der Waals surface area contributed by atoms with Crippen molar-refractivity contribution in [1.29, 1.82) is 5.26 Å². The minimum Gasteiger partial charge on any atom is -0.456 e. The van der Waals surface area contributed by atoms with Crippen LogP contribution in [0, 0.1) is 11.3 Å². The van der Waals surface area contributed by atoms with Crippen LogP contribution in [0.4, 0.5) is 4.79 Å². The van der Waals surface area contributed by atoms with Gasteiger partial charge in [-0.25, -0.2) is 13.2 Å². The lowest BCUT2D eigenvalue weighted by Crippen LogP contribution is -2.53. The summed E-state index contributed by atoms with van der Waals surface area (Å²) in [4.78, 5) is 14.0. The van der Waals surface area contributed by atoms with E-state index in [0.717, 1.165) is 5.56 Å². The Balaban J connectivity index is 1.48. The molecule has 1 heterocycles. The van der Waals surface area contributed by atoms with Gasteiger partial charge in [0.2, 0.25) is 10.0 Å². The average molecular weight is 545 g/mol. The lowest BCUT2D eigenvalue weighted by atomic mass is 10.2. The Morgan fingerprint density at radius 1 is 0.972 bits per heavy atom. The number of carbonyl (C=O) groups is 1. The number of urea groups is 1. The van der Waals surface area contributed by atoms with Crippen LogP contribution in [0.25, 0.3) is 0 Å². The number of rotatable bonds is 6. The molecule has 0 atom stereocenters. The third kappa shape index (κ3) is 6.09. The Morgan fingerprint density at radius 2 is 1.64 bits per heavy atom. The van der Waals surface area contributed by atoms with Crippen molar-refractivity contribution in [3.8, 4) is 17.6 Å². The number of amides is 2. The number of sulfonamides is 1. The maximum absolute atomic E-state index is 13.6. The Kier molecular flexibility index (Phi) is 8.01. The molecule has 1 aliphatic heterocycles. The zero-order chi connectivity index (χ0) is 25.7. The highest BCUT2D eigenvalue weighted by Crippen LogP contribution is 2.34. The molecule has 0 aliphatic carbocycles. The maximum Gasteiger partial charge on any atom is 0.317 e. The van der Waals surface area contributed by atoms with Gasteiger partial charge in [0.15, 0.2) is 0 Å². The second kappa shape index (κ2) is 11.2. The van der Waals surface area contributed by atoms with Crippen LogP contribution in [-0.4, -0.2) is 49.8 Å². The van der Waals surface area contributed by atoms with Gasteiger partial charge in [0.25, 0.3) is 0 Å². The molecule has 0 spiro atoms. The standard InChI is InChI=1S/C25H22Cl2N4O4S/c26-20-13-21(27)15-22(14-20)35-23-7-6-19(16-28)12-24(23)36(33,34)31-10-8-30(9-11-31)25(32)29-17-18-4-2-1-3-5-18/h1-7,12-15H,8-11,17H2,(H,29,32). The predicted octanol–water partition coefficient (Wildman–Crippen LogP) is 4.87. The number of nitriles is 1. The number of nitrogens with zero attached hydrogens (tertiary/aromatic N) is 3. The van der Waals surface area contributed by atoms with Crippen LogP contribution in [0.3, 0.4) is 0 Å². The molecule has 3 aromatic rings. The molecule has 8 nitrogen and oxygen atoms in total. The first-order valence-corrected chi connectivity index (χ1v) is 13.2. The van der Waals surface area contributed by atoms with Gasteiger partial charge in [0.1, 0.15) is 16.4 Å². The smallest absolute Gasteiger partial charge is 0.317 e. The van der Waals surface area contributed by atoms with Crippen molar-refractivity contribution in [2.45, 2.75) is 11.4 Å². The molecule has 3 aromatic carbocycles. The largest absolute Gasteiger partial charge is 0.456 e. The normalized spacial score (nSPS) is 14.2. The highest BCUT2D eigenvalue weighted by Gasteiger charge is 2.32. The van der Waals surface area contributed by atoms with Gasteiger partial charge in [-0.1, -0.05) is 53.5 Å². The van der Waals surface area contributed by atoms with E-state index < -0.39 is 10.0 Å². The van der Waals surface area contributed by atoms with Gasteiger partial charge in [-0.2, -0.15) is 9.57 Å². The third-order valence-corrected chi connectivity index (χ3v) is 7.92. The quantitative estimate of drug-likeness (QED) is 0.476. The molecule has 0 radical (unpaired) electrons. The number of carbonyl (C=O) groups excluding carboxylic acids is 1. The zero-order valence-corrected chi connectivity index (χ0v) is 21.4. The number of nitrogens with one attached hydrogen (secondary N) is 1. The molecule has 36 heavy (non-hydrogen) atoms. The Labute approximate surface area is 219 Å². The molecule has 0 unspecified atom stereocenters. The first-order chi connectivity index (χ1) is 17.3. The molecular weight excluding hydrogens is 523 g/mol. The topological polar surface area (TPSA) is 103 Å². The highest BCUT2D eigenvalue weighted by molar-refractivity contribution is 7.89. The van der Waals surface area contributed by atoms with Crippen LogP contribution in [0.2, 0.25) is 10.0 Å². The lowest BCUT2D eigenvalue weighted by molar-refractivity contribution is 0.172. The van der Waals surface area contributed by atoms with E-state index in [9.17, 15) is 18.5 Å². The van der Waals surface area contributed by atoms with Crippen molar-refractivity contribution >= 4 is 39.3 Å². The SMILES string of the molecule is N#Cc1ccc(Oc2cc(Cl)cc(Cl)c2)c(S(=O)(=O)N2CCN(C(=O)NCc3ccccc3)CC2)c1. The van der Waals surface area contributed by atoms with Crippen LogP contribution in [0.5, 0.6) is 11.5 Å². The number of ether oxygens (including phenoxy) is 1. The number of halogens is 2. The van der Waals surface area contributed by atoms with Crippen molar-refractivity contribution in [3.05, 3.63) is 87.9 Å². The van der Waals surface area contributed by atoms with E-state index in [-0.39, 0.29) is 54.2 Å². The van der Waals surface area contributed by atoms with Crippen LogP contribution in [0.15, 0.2) is 71.6 Å². The van der Waals surface area contributed by atoms with Gasteiger partial charge in [-0.15, -0.1) is 0 Å². The number of hydrogen-bond acceptors (Lipinski definition) is 5. The van der Waals surface area contributed by atoms with Gasteiger partial charge in [0, 0.05) is 42.8 Å². The van der Waals surface area contributed by atoms with Crippen molar-refractivity contribution in [3.63, 3.8) is 0 Å². The summed E-state index contributed by atoms with van der Waals surface area (Å²) < 4.78 is 34.2. The van der Waals surface area contributed by atoms with Crippen molar-refractivity contribution in [1.82, 2.24) is 14.5 Å². The fourth-order valence-electron chi connectivity index (χ4n) is 3.73. The Bertz CT molecular complexity index is 1380. The van der Waals surface area contributed by atoms with E-state index in [4.69, 9.17) is 27.9 Å². The van der Waals surface area contributed by atoms with Crippen molar-refractivity contribution in [2.75, 3.05) is 26.2 Å². The summed E-state index contributed by atoms with van der Waals surface area (Å²) in [6.07, 6.45) is 0. The summed E-state index contributed by atoms with van der Waals surface area (Å²) in [6.45, 7) is 1.02. The van der Waals surface area contributed by atoms with Gasteiger partial charge in [-0.05, 0) is 42.0 Å². The molecule has 0 bridgehead atoms. The highest BCUT2D eigenvalue weighted by atomic mass is 35.5. The summed E-state index contributed by atoms with van der Waals surface area (Å²) in [5.74, 6) is 0.295. The van der Waals surface area contributed by atoms with Crippen molar-refractivity contribution in [2.24, 2.45) is 0 Å². The van der Waals surface area contributed by atoms with Crippen LogP contribution in [0.1, 0.15) is 11.1 Å².